The van der Waals surface area contributed by atoms with E-state index >= 15 is 0 Å². The van der Waals surface area contributed by atoms with Crippen LogP contribution in [0, 0.1) is 0 Å². The minimum Gasteiger partial charge on any atom is -0.497 e. The fraction of sp³-hybridized carbons (Fsp3) is 0.900. The van der Waals surface area contributed by atoms with Gasteiger partial charge in [-0.05, 0) is 25.7 Å². The molecule has 0 radical (unpaired) electrons. The third kappa shape index (κ3) is 2.78. The zero-order chi connectivity index (χ0) is 10.5. The van der Waals surface area contributed by atoms with Gasteiger partial charge in [0.05, 0.1) is 6.42 Å². The molecule has 2 fully saturated rings. The summed E-state index contributed by atoms with van der Waals surface area (Å²) in [4.78, 5) is 3.35. The van der Waals surface area contributed by atoms with E-state index in [1.54, 1.807) is 0 Å². The average molecular weight is 209 g/mol. The molecule has 2 saturated heterocycles. The smallest absolute Gasteiger partial charge is 0.348 e. The van der Waals surface area contributed by atoms with Gasteiger partial charge < -0.3 is 10.3 Å². The Morgan fingerprint density at radius 3 is 2.47 bits per heavy atom. The van der Waals surface area contributed by atoms with E-state index in [1.165, 1.54) is 25.7 Å². The van der Waals surface area contributed by atoms with E-state index in [2.05, 4.69) is 15.3 Å². The van der Waals surface area contributed by atoms with E-state index in [0.717, 1.165) is 38.3 Å². The van der Waals surface area contributed by atoms with E-state index in [0.29, 0.717) is 0 Å². The summed E-state index contributed by atoms with van der Waals surface area (Å²) in [6, 6.07) is 0. The van der Waals surface area contributed by atoms with Gasteiger partial charge in [-0.3, -0.25) is 0 Å². The maximum Gasteiger partial charge on any atom is 0.348 e. The van der Waals surface area contributed by atoms with Crippen LogP contribution in [0.5, 0.6) is 0 Å². The van der Waals surface area contributed by atoms with Crippen molar-refractivity contribution in [1.29, 1.82) is 0 Å². The Bertz CT molecular complexity index is 253. The average Bonchev–Trinajstić information content (AvgIpc) is 2.31. The second-order valence-corrected chi connectivity index (χ2v) is 4.27. The number of amidine groups is 1. The molecule has 2 aliphatic rings. The summed E-state index contributed by atoms with van der Waals surface area (Å²) >= 11 is 0. The molecule has 0 aliphatic carbocycles. The maximum atomic E-state index is 8.88. The number of nitrogens with one attached hydrogen (secondary N) is 1. The zero-order valence-electron chi connectivity index (χ0n) is 9.15. The number of hydrazine groups is 2. The Labute approximate surface area is 90.6 Å². The van der Waals surface area contributed by atoms with Gasteiger partial charge >= 0.3 is 5.84 Å². The lowest BCUT2D eigenvalue weighted by molar-refractivity contribution is -0.0553. The lowest BCUT2D eigenvalue weighted by Crippen LogP contribution is -2.55. The van der Waals surface area contributed by atoms with Gasteiger partial charge in [0.2, 0.25) is 0 Å². The summed E-state index contributed by atoms with van der Waals surface area (Å²) in [5, 5.41) is 4.20. The second kappa shape index (κ2) is 5.26. The Morgan fingerprint density at radius 1 is 1.00 bits per heavy atom. The Kier molecular flexibility index (Phi) is 3.72. The highest BCUT2D eigenvalue weighted by Crippen LogP contribution is 2.11. The van der Waals surface area contributed by atoms with Crippen molar-refractivity contribution < 1.29 is 4.79 Å². The second-order valence-electron chi connectivity index (χ2n) is 4.27. The summed E-state index contributed by atoms with van der Waals surface area (Å²) in [5.74, 6) is 0.770. The van der Waals surface area contributed by atoms with E-state index in [4.69, 9.17) is 5.53 Å². The molecule has 15 heavy (non-hydrogen) atoms. The van der Waals surface area contributed by atoms with Crippen LogP contribution in [-0.4, -0.2) is 40.3 Å². The number of nitrogens with zero attached hydrogens (tertiary/aromatic N) is 4. The minimum absolute atomic E-state index is 0.770. The fourth-order valence-electron chi connectivity index (χ4n) is 2.19. The normalized spacial score (nSPS) is 24.0. The summed E-state index contributed by atoms with van der Waals surface area (Å²) in [6.45, 7) is 3.13. The van der Waals surface area contributed by atoms with E-state index in [-0.39, 0.29) is 0 Å². The molecular weight excluding hydrogens is 190 g/mol. The van der Waals surface area contributed by atoms with Gasteiger partial charge in [-0.25, -0.2) is 5.01 Å². The number of hydrogen-bond acceptors (Lipinski definition) is 2. The zero-order valence-corrected chi connectivity index (χ0v) is 9.15. The van der Waals surface area contributed by atoms with Crippen molar-refractivity contribution in [1.82, 2.24) is 15.6 Å². The number of piperidine rings is 2. The molecule has 0 unspecified atom stereocenters. The molecule has 2 aliphatic heterocycles. The molecule has 2 heterocycles. The summed E-state index contributed by atoms with van der Waals surface area (Å²) < 4.78 is 0. The van der Waals surface area contributed by atoms with Crippen molar-refractivity contribution in [2.75, 3.05) is 19.6 Å². The molecule has 0 aromatic heterocycles. The van der Waals surface area contributed by atoms with Crippen molar-refractivity contribution in [2.24, 2.45) is 0 Å². The first-order valence-electron chi connectivity index (χ1n) is 5.90. The first kappa shape index (κ1) is 10.6. The molecule has 1 N–H and O–H groups in total. The molecule has 0 aromatic carbocycles. The van der Waals surface area contributed by atoms with Gasteiger partial charge in [-0.15, -0.1) is 0 Å². The van der Waals surface area contributed by atoms with E-state index in [1.807, 2.05) is 5.01 Å². The van der Waals surface area contributed by atoms with E-state index < -0.39 is 0 Å². The maximum absolute atomic E-state index is 8.88. The van der Waals surface area contributed by atoms with Gasteiger partial charge in [0.25, 0.3) is 0 Å². The van der Waals surface area contributed by atoms with Crippen LogP contribution in [0.4, 0.5) is 0 Å². The van der Waals surface area contributed by atoms with Crippen molar-refractivity contribution in [3.8, 4) is 0 Å². The van der Waals surface area contributed by atoms with E-state index in [9.17, 15) is 0 Å². The molecule has 5 nitrogen and oxygen atoms in total. The fourth-order valence-corrected chi connectivity index (χ4v) is 2.19. The lowest BCUT2D eigenvalue weighted by atomic mass is 10.1. The molecule has 0 bridgehead atoms. The van der Waals surface area contributed by atoms with Crippen molar-refractivity contribution in [3.63, 3.8) is 0 Å². The molecule has 0 spiro atoms. The van der Waals surface area contributed by atoms with Gasteiger partial charge in [0.1, 0.15) is 6.54 Å². The largest absolute Gasteiger partial charge is 0.497 e. The van der Waals surface area contributed by atoms with Gasteiger partial charge in [-0.1, -0.05) is 12.0 Å². The van der Waals surface area contributed by atoms with Crippen LogP contribution in [0.3, 0.4) is 0 Å². The highest BCUT2D eigenvalue weighted by Gasteiger charge is 2.26. The Balaban J connectivity index is 1.88. The first-order valence-corrected chi connectivity index (χ1v) is 5.90. The van der Waals surface area contributed by atoms with Crippen molar-refractivity contribution >= 4 is 5.84 Å². The summed E-state index contributed by atoms with van der Waals surface area (Å²) in [6.07, 6.45) is 7.01. The first-order chi connectivity index (χ1) is 7.40. The summed E-state index contributed by atoms with van der Waals surface area (Å²) in [5.41, 5.74) is 12.2. The molecule has 0 aromatic rings. The van der Waals surface area contributed by atoms with Crippen LogP contribution in [-0.2, 0) is 0 Å². The predicted molar refractivity (Wildman–Crippen MR) is 57.7 cm³/mol. The predicted octanol–water partition coefficient (Wildman–Crippen LogP) is 1.01. The topological polar surface area (TPSA) is 54.9 Å². The number of hydrogen-bond donors (Lipinski definition) is 1. The SMILES string of the molecule is [N-]=[N+]=C1CCCCN1NN1CCCCC1. The molecular formula is C10H19N5. The van der Waals surface area contributed by atoms with Crippen LogP contribution in [0.25, 0.3) is 5.53 Å². The standard InChI is InChI=1S/C10H19N5/c11-12-10-6-2-5-9-15(10)13-14-7-3-1-4-8-14/h13H,1-9H2. The minimum atomic E-state index is 0.770. The molecule has 0 amide bonds. The highest BCUT2D eigenvalue weighted by atomic mass is 15.8. The van der Waals surface area contributed by atoms with Crippen LogP contribution >= 0.6 is 0 Å². The van der Waals surface area contributed by atoms with Crippen molar-refractivity contribution in [2.45, 2.75) is 38.5 Å². The molecule has 2 rings (SSSR count). The van der Waals surface area contributed by atoms with Crippen LogP contribution in [0.1, 0.15) is 38.5 Å². The van der Waals surface area contributed by atoms with Gasteiger partial charge in [-0.2, -0.15) is 5.01 Å². The Hall–Kier alpha value is -0.900. The third-order valence-electron chi connectivity index (χ3n) is 3.08. The van der Waals surface area contributed by atoms with Gasteiger partial charge in [0.15, 0.2) is 0 Å². The van der Waals surface area contributed by atoms with Crippen LogP contribution < -0.4 is 5.53 Å². The molecule has 0 saturated carbocycles. The quantitative estimate of drug-likeness (QED) is 0.545. The number of rotatable bonds is 2. The molecule has 0 atom stereocenters. The monoisotopic (exact) mass is 209 g/mol. The highest BCUT2D eigenvalue weighted by molar-refractivity contribution is 5.76. The Morgan fingerprint density at radius 2 is 1.73 bits per heavy atom. The molecule has 5 heteroatoms. The lowest BCUT2D eigenvalue weighted by Gasteiger charge is -2.30. The molecule has 84 valence electrons. The van der Waals surface area contributed by atoms with Crippen LogP contribution in [0.2, 0.25) is 0 Å². The summed E-state index contributed by atoms with van der Waals surface area (Å²) in [7, 11) is 0. The van der Waals surface area contributed by atoms with Gasteiger partial charge in [0, 0.05) is 13.1 Å². The van der Waals surface area contributed by atoms with Crippen LogP contribution in [0.15, 0.2) is 0 Å². The third-order valence-corrected chi connectivity index (χ3v) is 3.08. The van der Waals surface area contributed by atoms with Crippen molar-refractivity contribution in [3.05, 3.63) is 5.53 Å².